The molecule has 7 heteroatoms. The zero-order chi connectivity index (χ0) is 19.9. The number of rotatable bonds is 5. The third-order valence-electron chi connectivity index (χ3n) is 5.44. The number of carboxylic acids is 1. The van der Waals surface area contributed by atoms with Gasteiger partial charge in [-0.25, -0.2) is 4.79 Å². The molecule has 2 atom stereocenters. The van der Waals surface area contributed by atoms with Gasteiger partial charge < -0.3 is 21.1 Å². The number of aliphatic carboxylic acids is 1. The first-order chi connectivity index (χ1) is 13.5. The number of amides is 3. The molecule has 1 aromatic rings. The number of benzene rings is 1. The Bertz CT molecular complexity index is 739. The highest BCUT2D eigenvalue weighted by Gasteiger charge is 2.33. The van der Waals surface area contributed by atoms with E-state index in [4.69, 9.17) is 0 Å². The fourth-order valence-corrected chi connectivity index (χ4v) is 3.85. The molecule has 0 bridgehead atoms. The summed E-state index contributed by atoms with van der Waals surface area (Å²) in [5.74, 6) is -2.53. The van der Waals surface area contributed by atoms with Crippen molar-refractivity contribution in [1.82, 2.24) is 5.32 Å². The van der Waals surface area contributed by atoms with Gasteiger partial charge in [-0.15, -0.1) is 0 Å². The van der Waals surface area contributed by atoms with Crippen LogP contribution in [0.25, 0.3) is 0 Å². The summed E-state index contributed by atoms with van der Waals surface area (Å²) in [6.45, 7) is 0. The summed E-state index contributed by atoms with van der Waals surface area (Å²) < 4.78 is 0. The second kappa shape index (κ2) is 9.39. The van der Waals surface area contributed by atoms with Crippen molar-refractivity contribution < 1.29 is 19.5 Å². The molecule has 150 valence electrons. The average molecular weight is 385 g/mol. The predicted molar refractivity (Wildman–Crippen MR) is 107 cm³/mol. The minimum atomic E-state index is -0.951. The van der Waals surface area contributed by atoms with Gasteiger partial charge in [0.2, 0.25) is 5.91 Å². The van der Waals surface area contributed by atoms with Gasteiger partial charge in [0.05, 0.1) is 11.8 Å². The van der Waals surface area contributed by atoms with E-state index in [-0.39, 0.29) is 18.0 Å². The summed E-state index contributed by atoms with van der Waals surface area (Å²) in [5.41, 5.74) is 1.21. The molecule has 3 rings (SSSR count). The second-order valence-electron chi connectivity index (χ2n) is 7.49. The summed E-state index contributed by atoms with van der Waals surface area (Å²) in [4.78, 5) is 35.9. The SMILES string of the molecule is O=C(Nc1ccc(NC(=O)[C@H]2CC=CC[C@@H]2C(=O)O)cc1)NC1CCCCC1. The number of hydrogen-bond donors (Lipinski definition) is 4. The Morgan fingerprint density at radius 3 is 2.00 bits per heavy atom. The number of anilines is 2. The molecule has 0 aromatic heterocycles. The monoisotopic (exact) mass is 385 g/mol. The van der Waals surface area contributed by atoms with Crippen molar-refractivity contribution in [3.8, 4) is 0 Å². The third kappa shape index (κ3) is 5.34. The molecule has 0 saturated heterocycles. The van der Waals surface area contributed by atoms with E-state index in [1.807, 2.05) is 6.08 Å². The van der Waals surface area contributed by atoms with Gasteiger partial charge in [0, 0.05) is 17.4 Å². The number of carboxylic acid groups (broad SMARTS) is 1. The van der Waals surface area contributed by atoms with E-state index in [0.717, 1.165) is 25.7 Å². The van der Waals surface area contributed by atoms with Crippen LogP contribution in [-0.2, 0) is 9.59 Å². The van der Waals surface area contributed by atoms with E-state index in [2.05, 4.69) is 16.0 Å². The molecule has 0 radical (unpaired) electrons. The first kappa shape index (κ1) is 19.9. The molecule has 2 aliphatic rings. The van der Waals surface area contributed by atoms with Crippen LogP contribution in [0.2, 0.25) is 0 Å². The smallest absolute Gasteiger partial charge is 0.319 e. The second-order valence-corrected chi connectivity index (χ2v) is 7.49. The van der Waals surface area contributed by atoms with Crippen LogP contribution >= 0.6 is 0 Å². The molecule has 7 nitrogen and oxygen atoms in total. The maximum Gasteiger partial charge on any atom is 0.319 e. The van der Waals surface area contributed by atoms with Crippen LogP contribution in [0, 0.1) is 11.8 Å². The standard InChI is InChI=1S/C21H27N3O4/c25-19(17-8-4-5-9-18(17)20(26)27)22-15-10-12-16(13-11-15)24-21(28)23-14-6-2-1-3-7-14/h4-5,10-14,17-18H,1-3,6-9H2,(H,22,25)(H,26,27)(H2,23,24,28)/t17-,18-/m0/s1. The van der Waals surface area contributed by atoms with Crippen molar-refractivity contribution >= 4 is 29.3 Å². The maximum atomic E-state index is 12.5. The minimum Gasteiger partial charge on any atom is -0.481 e. The normalized spacial score (nSPS) is 22.3. The van der Waals surface area contributed by atoms with Crippen molar-refractivity contribution in [2.45, 2.75) is 51.0 Å². The molecule has 2 aliphatic carbocycles. The van der Waals surface area contributed by atoms with E-state index in [9.17, 15) is 19.5 Å². The fourth-order valence-electron chi connectivity index (χ4n) is 3.85. The molecule has 1 saturated carbocycles. The lowest BCUT2D eigenvalue weighted by Gasteiger charge is -2.24. The Balaban J connectivity index is 1.52. The highest BCUT2D eigenvalue weighted by molar-refractivity contribution is 5.96. The Morgan fingerprint density at radius 2 is 1.39 bits per heavy atom. The number of hydrogen-bond acceptors (Lipinski definition) is 3. The quantitative estimate of drug-likeness (QED) is 0.579. The molecule has 1 aromatic carbocycles. The van der Waals surface area contributed by atoms with E-state index in [1.165, 1.54) is 6.42 Å². The highest BCUT2D eigenvalue weighted by atomic mass is 16.4. The minimum absolute atomic E-state index is 0.220. The molecule has 1 fully saturated rings. The Hall–Kier alpha value is -2.83. The molecular weight excluding hydrogens is 358 g/mol. The Kier molecular flexibility index (Phi) is 6.68. The Morgan fingerprint density at radius 1 is 0.821 bits per heavy atom. The summed E-state index contributed by atoms with van der Waals surface area (Å²) >= 11 is 0. The lowest BCUT2D eigenvalue weighted by atomic mass is 9.82. The van der Waals surface area contributed by atoms with Crippen LogP contribution < -0.4 is 16.0 Å². The zero-order valence-corrected chi connectivity index (χ0v) is 15.8. The number of nitrogens with one attached hydrogen (secondary N) is 3. The molecular formula is C21H27N3O4. The van der Waals surface area contributed by atoms with Crippen LogP contribution in [-0.4, -0.2) is 29.1 Å². The number of carbonyl (C=O) groups excluding carboxylic acids is 2. The fraction of sp³-hybridized carbons (Fsp3) is 0.476. The van der Waals surface area contributed by atoms with Gasteiger partial charge in [-0.05, 0) is 49.9 Å². The molecule has 0 heterocycles. The first-order valence-corrected chi connectivity index (χ1v) is 9.89. The van der Waals surface area contributed by atoms with E-state index >= 15 is 0 Å². The predicted octanol–water partition coefficient (Wildman–Crippen LogP) is 3.75. The first-order valence-electron chi connectivity index (χ1n) is 9.89. The zero-order valence-electron chi connectivity index (χ0n) is 15.8. The number of allylic oxidation sites excluding steroid dienone is 2. The summed E-state index contributed by atoms with van der Waals surface area (Å²) in [6, 6.07) is 6.84. The van der Waals surface area contributed by atoms with Crippen LogP contribution in [0.5, 0.6) is 0 Å². The van der Waals surface area contributed by atoms with Crippen molar-refractivity contribution in [2.24, 2.45) is 11.8 Å². The van der Waals surface area contributed by atoms with Gasteiger partial charge in [-0.3, -0.25) is 9.59 Å². The highest BCUT2D eigenvalue weighted by Crippen LogP contribution is 2.27. The average Bonchev–Trinajstić information content (AvgIpc) is 2.70. The van der Waals surface area contributed by atoms with Crippen molar-refractivity contribution in [1.29, 1.82) is 0 Å². The lowest BCUT2D eigenvalue weighted by molar-refractivity contribution is -0.146. The van der Waals surface area contributed by atoms with E-state index in [0.29, 0.717) is 24.2 Å². The van der Waals surface area contributed by atoms with Crippen molar-refractivity contribution in [3.63, 3.8) is 0 Å². The van der Waals surface area contributed by atoms with E-state index < -0.39 is 17.8 Å². The van der Waals surface area contributed by atoms with Gasteiger partial charge in [-0.1, -0.05) is 31.4 Å². The molecule has 0 aliphatic heterocycles. The van der Waals surface area contributed by atoms with Gasteiger partial charge in [-0.2, -0.15) is 0 Å². The van der Waals surface area contributed by atoms with Crippen LogP contribution in [0.3, 0.4) is 0 Å². The number of carbonyl (C=O) groups is 3. The molecule has 4 N–H and O–H groups in total. The van der Waals surface area contributed by atoms with Gasteiger partial charge in [0.25, 0.3) is 0 Å². The van der Waals surface area contributed by atoms with Crippen molar-refractivity contribution in [2.75, 3.05) is 10.6 Å². The molecule has 3 amide bonds. The summed E-state index contributed by atoms with van der Waals surface area (Å²) in [6.07, 6.45) is 10.0. The lowest BCUT2D eigenvalue weighted by Crippen LogP contribution is -2.39. The van der Waals surface area contributed by atoms with Gasteiger partial charge in [0.15, 0.2) is 0 Å². The van der Waals surface area contributed by atoms with Crippen LogP contribution in [0.4, 0.5) is 16.2 Å². The maximum absolute atomic E-state index is 12.5. The van der Waals surface area contributed by atoms with Gasteiger partial charge in [0.1, 0.15) is 0 Å². The van der Waals surface area contributed by atoms with Gasteiger partial charge >= 0.3 is 12.0 Å². The number of urea groups is 1. The molecule has 0 spiro atoms. The molecule has 28 heavy (non-hydrogen) atoms. The molecule has 0 unspecified atom stereocenters. The van der Waals surface area contributed by atoms with Crippen molar-refractivity contribution in [3.05, 3.63) is 36.4 Å². The summed E-state index contributed by atoms with van der Waals surface area (Å²) in [5, 5.41) is 17.9. The van der Waals surface area contributed by atoms with Crippen LogP contribution in [0.1, 0.15) is 44.9 Å². The topological polar surface area (TPSA) is 108 Å². The van der Waals surface area contributed by atoms with Crippen LogP contribution in [0.15, 0.2) is 36.4 Å². The third-order valence-corrected chi connectivity index (χ3v) is 5.44. The largest absolute Gasteiger partial charge is 0.481 e. The Labute approximate surface area is 164 Å². The van der Waals surface area contributed by atoms with E-state index in [1.54, 1.807) is 30.3 Å². The summed E-state index contributed by atoms with van der Waals surface area (Å²) in [7, 11) is 0.